The van der Waals surface area contributed by atoms with Crippen molar-refractivity contribution in [1.82, 2.24) is 5.32 Å². The van der Waals surface area contributed by atoms with Gasteiger partial charge in [-0.1, -0.05) is 18.2 Å². The van der Waals surface area contributed by atoms with Crippen molar-refractivity contribution in [3.63, 3.8) is 0 Å². The molecule has 1 aliphatic heterocycles. The maximum atomic E-state index is 11.9. The molecule has 1 aromatic rings. The van der Waals surface area contributed by atoms with E-state index in [4.69, 9.17) is 14.2 Å². The van der Waals surface area contributed by atoms with Crippen LogP contribution in [0.2, 0.25) is 0 Å². The smallest absolute Gasteiger partial charge is 0.326 e. The van der Waals surface area contributed by atoms with Crippen molar-refractivity contribution in [1.29, 1.82) is 0 Å². The topological polar surface area (TPSA) is 94.1 Å². The Hall–Kier alpha value is -2.12. The number of carbonyl (C=O) groups is 2. The first-order valence-electron chi connectivity index (χ1n) is 8.02. The summed E-state index contributed by atoms with van der Waals surface area (Å²) in [5.41, 5.74) is 0. The quantitative estimate of drug-likeness (QED) is 0.655. The number of amides is 1. The molecule has 1 amide bonds. The zero-order chi connectivity index (χ0) is 17.2. The molecule has 2 atom stereocenters. The third-order valence-electron chi connectivity index (χ3n) is 3.72. The predicted molar refractivity (Wildman–Crippen MR) is 85.9 cm³/mol. The molecule has 0 aromatic heterocycles. The van der Waals surface area contributed by atoms with E-state index in [0.717, 1.165) is 18.6 Å². The van der Waals surface area contributed by atoms with Gasteiger partial charge in [0, 0.05) is 12.5 Å². The second-order valence-electron chi connectivity index (χ2n) is 5.57. The molecule has 0 spiro atoms. The highest BCUT2D eigenvalue weighted by molar-refractivity contribution is 5.84. The van der Waals surface area contributed by atoms with Gasteiger partial charge in [0.25, 0.3) is 0 Å². The van der Waals surface area contributed by atoms with E-state index < -0.39 is 17.9 Å². The number of rotatable bonds is 9. The molecular formula is C17H23NO6. The molecule has 1 aliphatic rings. The van der Waals surface area contributed by atoms with Crippen molar-refractivity contribution < 1.29 is 28.9 Å². The summed E-state index contributed by atoms with van der Waals surface area (Å²) in [6, 6.07) is 8.34. The van der Waals surface area contributed by atoms with E-state index in [1.165, 1.54) is 0 Å². The predicted octanol–water partition coefficient (Wildman–Crippen LogP) is 1.08. The number of para-hydroxylation sites is 1. The fourth-order valence-electron chi connectivity index (χ4n) is 2.52. The number of carbonyl (C=O) groups excluding carboxylic acids is 1. The molecule has 24 heavy (non-hydrogen) atoms. The summed E-state index contributed by atoms with van der Waals surface area (Å²) in [4.78, 5) is 23.2. The number of carboxylic acids is 1. The Morgan fingerprint density at radius 3 is 2.75 bits per heavy atom. The van der Waals surface area contributed by atoms with Gasteiger partial charge in [0.15, 0.2) is 0 Å². The van der Waals surface area contributed by atoms with Crippen molar-refractivity contribution in [3.8, 4) is 5.75 Å². The van der Waals surface area contributed by atoms with Gasteiger partial charge >= 0.3 is 5.97 Å². The van der Waals surface area contributed by atoms with Crippen LogP contribution < -0.4 is 10.1 Å². The molecule has 1 aromatic carbocycles. The average molecular weight is 337 g/mol. The molecule has 0 radical (unpaired) electrons. The van der Waals surface area contributed by atoms with Crippen LogP contribution in [0, 0.1) is 5.92 Å². The summed E-state index contributed by atoms with van der Waals surface area (Å²) in [5.74, 6) is -0.977. The van der Waals surface area contributed by atoms with Gasteiger partial charge in [-0.2, -0.15) is 0 Å². The van der Waals surface area contributed by atoms with E-state index in [9.17, 15) is 14.7 Å². The van der Waals surface area contributed by atoms with E-state index in [-0.39, 0.29) is 19.1 Å². The number of ether oxygens (including phenoxy) is 3. The zero-order valence-electron chi connectivity index (χ0n) is 13.5. The van der Waals surface area contributed by atoms with Crippen LogP contribution in [0.3, 0.4) is 0 Å². The molecule has 7 heteroatoms. The van der Waals surface area contributed by atoms with Crippen LogP contribution in [0.5, 0.6) is 5.75 Å². The van der Waals surface area contributed by atoms with Crippen molar-refractivity contribution in [2.75, 3.05) is 33.0 Å². The lowest BCUT2D eigenvalue weighted by Crippen LogP contribution is -2.49. The van der Waals surface area contributed by atoms with Gasteiger partial charge in [0.1, 0.15) is 25.0 Å². The fraction of sp³-hybridized carbons (Fsp3) is 0.529. The normalized spacial score (nSPS) is 18.6. The first-order valence-corrected chi connectivity index (χ1v) is 8.02. The van der Waals surface area contributed by atoms with Gasteiger partial charge in [-0.3, -0.25) is 4.79 Å². The number of carboxylic acid groups (broad SMARTS) is 1. The lowest BCUT2D eigenvalue weighted by Gasteiger charge is -2.28. The SMILES string of the molecule is O=C(COCCOc1ccccc1)NC(C(=O)O)C1CCCOC1. The van der Waals surface area contributed by atoms with Gasteiger partial charge in [0.2, 0.25) is 5.91 Å². The lowest BCUT2D eigenvalue weighted by atomic mass is 9.94. The van der Waals surface area contributed by atoms with E-state index in [0.29, 0.717) is 19.8 Å². The number of hydrogen-bond acceptors (Lipinski definition) is 5. The van der Waals surface area contributed by atoms with Gasteiger partial charge in [-0.05, 0) is 25.0 Å². The summed E-state index contributed by atoms with van der Waals surface area (Å²) < 4.78 is 15.9. The minimum Gasteiger partial charge on any atom is -0.491 e. The molecule has 0 bridgehead atoms. The van der Waals surface area contributed by atoms with E-state index in [1.54, 1.807) is 0 Å². The maximum absolute atomic E-state index is 11.9. The molecule has 2 rings (SSSR count). The van der Waals surface area contributed by atoms with E-state index in [2.05, 4.69) is 5.32 Å². The maximum Gasteiger partial charge on any atom is 0.326 e. The Kier molecular flexibility index (Phi) is 7.51. The molecule has 2 unspecified atom stereocenters. The van der Waals surface area contributed by atoms with Crippen LogP contribution >= 0.6 is 0 Å². The molecule has 1 fully saturated rings. The Morgan fingerprint density at radius 2 is 2.08 bits per heavy atom. The van der Waals surface area contributed by atoms with Crippen molar-refractivity contribution in [3.05, 3.63) is 30.3 Å². The Labute approximate surface area is 140 Å². The van der Waals surface area contributed by atoms with Crippen LogP contribution in [-0.2, 0) is 19.1 Å². The highest BCUT2D eigenvalue weighted by atomic mass is 16.5. The second kappa shape index (κ2) is 9.89. The summed E-state index contributed by atoms with van der Waals surface area (Å²) in [7, 11) is 0. The highest BCUT2D eigenvalue weighted by Gasteiger charge is 2.31. The van der Waals surface area contributed by atoms with E-state index >= 15 is 0 Å². The molecular weight excluding hydrogens is 314 g/mol. The van der Waals surface area contributed by atoms with E-state index in [1.807, 2.05) is 30.3 Å². The van der Waals surface area contributed by atoms with Gasteiger partial charge in [-0.15, -0.1) is 0 Å². The number of hydrogen-bond donors (Lipinski definition) is 2. The Balaban J connectivity index is 1.64. The molecule has 1 heterocycles. The molecule has 0 saturated carbocycles. The van der Waals surface area contributed by atoms with Crippen LogP contribution in [0.1, 0.15) is 12.8 Å². The average Bonchev–Trinajstić information content (AvgIpc) is 2.61. The molecule has 2 N–H and O–H groups in total. The zero-order valence-corrected chi connectivity index (χ0v) is 13.5. The van der Waals surface area contributed by atoms with Crippen LogP contribution in [0.25, 0.3) is 0 Å². The third-order valence-corrected chi connectivity index (χ3v) is 3.72. The third kappa shape index (κ3) is 6.17. The van der Waals surface area contributed by atoms with Crippen LogP contribution in [0.4, 0.5) is 0 Å². The lowest BCUT2D eigenvalue weighted by molar-refractivity contribution is -0.145. The minimum absolute atomic E-state index is 0.199. The monoisotopic (exact) mass is 337 g/mol. The number of nitrogens with one attached hydrogen (secondary N) is 1. The summed E-state index contributed by atoms with van der Waals surface area (Å²) in [5, 5.41) is 11.8. The van der Waals surface area contributed by atoms with Crippen LogP contribution in [-0.4, -0.2) is 56.1 Å². The molecule has 1 saturated heterocycles. The first kappa shape index (κ1) is 18.2. The van der Waals surface area contributed by atoms with Gasteiger partial charge in [0.05, 0.1) is 13.2 Å². The van der Waals surface area contributed by atoms with Crippen molar-refractivity contribution >= 4 is 11.9 Å². The number of aliphatic carboxylic acids is 1. The summed E-state index contributed by atoms with van der Waals surface area (Å²) in [6.07, 6.45) is 1.53. The summed E-state index contributed by atoms with van der Waals surface area (Å²) in [6.45, 7) is 1.35. The minimum atomic E-state index is -1.05. The van der Waals surface area contributed by atoms with Crippen molar-refractivity contribution in [2.45, 2.75) is 18.9 Å². The fourth-order valence-corrected chi connectivity index (χ4v) is 2.52. The molecule has 132 valence electrons. The van der Waals surface area contributed by atoms with Crippen LogP contribution in [0.15, 0.2) is 30.3 Å². The first-order chi connectivity index (χ1) is 11.7. The molecule has 7 nitrogen and oxygen atoms in total. The van der Waals surface area contributed by atoms with Gasteiger partial charge in [-0.25, -0.2) is 4.79 Å². The second-order valence-corrected chi connectivity index (χ2v) is 5.57. The standard InChI is InChI=1S/C17H23NO6/c19-15(12-23-9-10-24-14-6-2-1-3-7-14)18-16(17(20)21)13-5-4-8-22-11-13/h1-3,6-7,13,16H,4-5,8-12H2,(H,18,19)(H,20,21). The number of benzene rings is 1. The van der Waals surface area contributed by atoms with Gasteiger partial charge < -0.3 is 24.6 Å². The Bertz CT molecular complexity index is 515. The largest absolute Gasteiger partial charge is 0.491 e. The highest BCUT2D eigenvalue weighted by Crippen LogP contribution is 2.17. The molecule has 0 aliphatic carbocycles. The summed E-state index contributed by atoms with van der Waals surface area (Å²) >= 11 is 0. The van der Waals surface area contributed by atoms with Crippen molar-refractivity contribution in [2.24, 2.45) is 5.92 Å². The Morgan fingerprint density at radius 1 is 1.29 bits per heavy atom.